The van der Waals surface area contributed by atoms with Crippen molar-refractivity contribution in [3.05, 3.63) is 29.3 Å². The summed E-state index contributed by atoms with van der Waals surface area (Å²) in [5.74, 6) is -1.08. The lowest BCUT2D eigenvalue weighted by atomic mass is 10.0. The molecule has 1 fully saturated rings. The van der Waals surface area contributed by atoms with Crippen LogP contribution in [0.5, 0.6) is 5.75 Å². The highest BCUT2D eigenvalue weighted by atomic mass is 19.1. The number of halogens is 2. The van der Waals surface area contributed by atoms with Crippen molar-refractivity contribution in [1.29, 1.82) is 0 Å². The van der Waals surface area contributed by atoms with Gasteiger partial charge < -0.3 is 14.8 Å². The molecule has 0 bridgehead atoms. The molecule has 0 radical (unpaired) electrons. The fourth-order valence-electron chi connectivity index (χ4n) is 2.80. The van der Waals surface area contributed by atoms with E-state index in [0.29, 0.717) is 24.9 Å². The molecule has 1 aromatic carbocycles. The van der Waals surface area contributed by atoms with Crippen LogP contribution in [0.25, 0.3) is 0 Å². The van der Waals surface area contributed by atoms with Crippen LogP contribution in [-0.4, -0.2) is 24.4 Å². The fourth-order valence-corrected chi connectivity index (χ4v) is 2.80. The zero-order valence-corrected chi connectivity index (χ0v) is 13.7. The van der Waals surface area contributed by atoms with E-state index in [0.717, 1.165) is 6.07 Å². The molecular weight excluding hydrogens is 288 g/mol. The van der Waals surface area contributed by atoms with Crippen LogP contribution < -0.4 is 10.1 Å². The molecule has 0 amide bonds. The second-order valence-corrected chi connectivity index (χ2v) is 6.38. The van der Waals surface area contributed by atoms with Gasteiger partial charge >= 0.3 is 0 Å². The number of benzene rings is 1. The molecule has 2 unspecified atom stereocenters. The maximum absolute atomic E-state index is 14.2. The van der Waals surface area contributed by atoms with Gasteiger partial charge in [0.2, 0.25) is 0 Å². The number of hydrogen-bond donors (Lipinski definition) is 1. The Morgan fingerprint density at radius 3 is 2.45 bits per heavy atom. The van der Waals surface area contributed by atoms with Crippen molar-refractivity contribution >= 4 is 0 Å². The molecule has 124 valence electrons. The second kappa shape index (κ2) is 7.38. The van der Waals surface area contributed by atoms with Gasteiger partial charge in [0, 0.05) is 37.1 Å². The van der Waals surface area contributed by atoms with Crippen LogP contribution in [0.1, 0.15) is 46.1 Å². The Kier molecular flexibility index (Phi) is 5.75. The van der Waals surface area contributed by atoms with E-state index in [4.69, 9.17) is 9.47 Å². The van der Waals surface area contributed by atoms with E-state index in [1.807, 2.05) is 27.7 Å². The van der Waals surface area contributed by atoms with Crippen molar-refractivity contribution in [3.8, 4) is 5.75 Å². The van der Waals surface area contributed by atoms with Crippen LogP contribution in [0.4, 0.5) is 8.78 Å². The van der Waals surface area contributed by atoms with Gasteiger partial charge in [-0.1, -0.05) is 13.8 Å². The van der Waals surface area contributed by atoms with Gasteiger partial charge in [-0.3, -0.25) is 0 Å². The summed E-state index contributed by atoms with van der Waals surface area (Å²) < 4.78 is 39.2. The third kappa shape index (κ3) is 4.65. The quantitative estimate of drug-likeness (QED) is 0.897. The zero-order valence-electron chi connectivity index (χ0n) is 13.7. The number of rotatable bonds is 5. The van der Waals surface area contributed by atoms with Crippen LogP contribution in [0.15, 0.2) is 12.1 Å². The summed E-state index contributed by atoms with van der Waals surface area (Å²) in [5, 5.41) is 3.17. The van der Waals surface area contributed by atoms with Crippen molar-refractivity contribution in [2.45, 2.75) is 71.4 Å². The Labute approximate surface area is 131 Å². The lowest BCUT2D eigenvalue weighted by Crippen LogP contribution is -2.36. The first kappa shape index (κ1) is 17.2. The molecule has 1 heterocycles. The van der Waals surface area contributed by atoms with Gasteiger partial charge in [-0.15, -0.1) is 0 Å². The van der Waals surface area contributed by atoms with Crippen LogP contribution in [0, 0.1) is 11.6 Å². The van der Waals surface area contributed by atoms with E-state index in [1.54, 1.807) is 0 Å². The fraction of sp³-hybridized carbons (Fsp3) is 0.647. The minimum atomic E-state index is -0.646. The molecule has 0 spiro atoms. The highest BCUT2D eigenvalue weighted by Gasteiger charge is 2.27. The molecular formula is C17H25F2NO2. The second-order valence-electron chi connectivity index (χ2n) is 6.38. The SMILES string of the molecule is CC(C)NCc1cc(F)cc(F)c1OC1CC(C)OC(C)C1. The van der Waals surface area contributed by atoms with E-state index >= 15 is 0 Å². The average molecular weight is 313 g/mol. The summed E-state index contributed by atoms with van der Waals surface area (Å²) >= 11 is 0. The molecule has 2 rings (SSSR count). The first-order valence-electron chi connectivity index (χ1n) is 7.88. The summed E-state index contributed by atoms with van der Waals surface area (Å²) in [6.07, 6.45) is 1.46. The van der Waals surface area contributed by atoms with Crippen molar-refractivity contribution in [2.24, 2.45) is 0 Å². The largest absolute Gasteiger partial charge is 0.487 e. The molecule has 5 heteroatoms. The number of nitrogens with one attached hydrogen (secondary N) is 1. The summed E-state index contributed by atoms with van der Waals surface area (Å²) in [6.45, 7) is 8.30. The highest BCUT2D eigenvalue weighted by Crippen LogP contribution is 2.29. The number of ether oxygens (including phenoxy) is 2. The van der Waals surface area contributed by atoms with Gasteiger partial charge in [-0.25, -0.2) is 8.78 Å². The predicted molar refractivity (Wildman–Crippen MR) is 82.0 cm³/mol. The summed E-state index contributed by atoms with van der Waals surface area (Å²) in [7, 11) is 0. The topological polar surface area (TPSA) is 30.5 Å². The van der Waals surface area contributed by atoms with Crippen LogP contribution in [0.3, 0.4) is 0 Å². The van der Waals surface area contributed by atoms with E-state index in [-0.39, 0.29) is 30.1 Å². The van der Waals surface area contributed by atoms with Gasteiger partial charge in [0.25, 0.3) is 0 Å². The molecule has 0 saturated carbocycles. The molecule has 1 aliphatic rings. The van der Waals surface area contributed by atoms with Crippen LogP contribution >= 0.6 is 0 Å². The number of hydrogen-bond acceptors (Lipinski definition) is 3. The minimum Gasteiger partial charge on any atom is -0.487 e. The van der Waals surface area contributed by atoms with E-state index in [9.17, 15) is 8.78 Å². The molecule has 22 heavy (non-hydrogen) atoms. The molecule has 3 nitrogen and oxygen atoms in total. The molecule has 1 aliphatic heterocycles. The van der Waals surface area contributed by atoms with Gasteiger partial charge in [0.15, 0.2) is 11.6 Å². The van der Waals surface area contributed by atoms with E-state index in [2.05, 4.69) is 5.32 Å². The normalized spacial score (nSPS) is 25.5. The third-order valence-corrected chi connectivity index (χ3v) is 3.72. The monoisotopic (exact) mass is 313 g/mol. The first-order chi connectivity index (χ1) is 10.3. The minimum absolute atomic E-state index is 0.0782. The lowest BCUT2D eigenvalue weighted by molar-refractivity contribution is -0.0729. The Balaban J connectivity index is 2.17. The molecule has 0 aliphatic carbocycles. The maximum atomic E-state index is 14.2. The molecule has 1 saturated heterocycles. The molecule has 1 N–H and O–H groups in total. The Morgan fingerprint density at radius 1 is 1.23 bits per heavy atom. The zero-order chi connectivity index (χ0) is 16.3. The first-order valence-corrected chi connectivity index (χ1v) is 7.88. The highest BCUT2D eigenvalue weighted by molar-refractivity contribution is 5.36. The summed E-state index contributed by atoms with van der Waals surface area (Å²) in [6, 6.07) is 2.43. The maximum Gasteiger partial charge on any atom is 0.168 e. The van der Waals surface area contributed by atoms with Crippen molar-refractivity contribution < 1.29 is 18.3 Å². The Morgan fingerprint density at radius 2 is 1.86 bits per heavy atom. The van der Waals surface area contributed by atoms with Crippen molar-refractivity contribution in [2.75, 3.05) is 0 Å². The molecule has 0 aromatic heterocycles. The van der Waals surface area contributed by atoms with Gasteiger partial charge in [-0.05, 0) is 19.9 Å². The summed E-state index contributed by atoms with van der Waals surface area (Å²) in [4.78, 5) is 0. The van der Waals surface area contributed by atoms with Gasteiger partial charge in [-0.2, -0.15) is 0 Å². The van der Waals surface area contributed by atoms with Crippen molar-refractivity contribution in [1.82, 2.24) is 5.32 Å². The van der Waals surface area contributed by atoms with Crippen molar-refractivity contribution in [3.63, 3.8) is 0 Å². The smallest absolute Gasteiger partial charge is 0.168 e. The van der Waals surface area contributed by atoms with Gasteiger partial charge in [0.05, 0.1) is 12.2 Å². The van der Waals surface area contributed by atoms with E-state index < -0.39 is 11.6 Å². The van der Waals surface area contributed by atoms with Crippen LogP contribution in [-0.2, 0) is 11.3 Å². The average Bonchev–Trinajstić information content (AvgIpc) is 2.38. The molecule has 1 aromatic rings. The lowest BCUT2D eigenvalue weighted by Gasteiger charge is -2.32. The Bertz CT molecular complexity index is 498. The van der Waals surface area contributed by atoms with E-state index in [1.165, 1.54) is 6.07 Å². The predicted octanol–water partition coefficient (Wildman–Crippen LogP) is 3.80. The Hall–Kier alpha value is -1.20. The third-order valence-electron chi connectivity index (χ3n) is 3.72. The standard InChI is InChI=1S/C17H25F2NO2/c1-10(2)20-9-13-7-14(18)8-16(19)17(13)22-15-5-11(3)21-12(4)6-15/h7-8,10-12,15,20H,5-6,9H2,1-4H3. The summed E-state index contributed by atoms with van der Waals surface area (Å²) in [5.41, 5.74) is 0.512. The molecule has 2 atom stereocenters. The van der Waals surface area contributed by atoms with Crippen LogP contribution in [0.2, 0.25) is 0 Å². The van der Waals surface area contributed by atoms with Gasteiger partial charge in [0.1, 0.15) is 11.9 Å².